The molecule has 0 aliphatic carbocycles. The third-order valence-electron chi connectivity index (χ3n) is 1.16. The van der Waals surface area contributed by atoms with E-state index in [0.717, 1.165) is 5.33 Å². The summed E-state index contributed by atoms with van der Waals surface area (Å²) in [5, 5.41) is 1.48. The Hall–Kier alpha value is -0.120. The van der Waals surface area contributed by atoms with Crippen LogP contribution in [0.5, 0.6) is 0 Å². The van der Waals surface area contributed by atoms with Crippen LogP contribution in [0.3, 0.4) is 0 Å². The Kier molecular flexibility index (Phi) is 3.98. The van der Waals surface area contributed by atoms with Gasteiger partial charge in [-0.1, -0.05) is 51.3 Å². The molecule has 0 spiro atoms. The van der Waals surface area contributed by atoms with Gasteiger partial charge in [0.1, 0.15) is 16.6 Å². The van der Waals surface area contributed by atoms with E-state index in [0.29, 0.717) is 15.9 Å². The molecule has 1 heterocycles. The summed E-state index contributed by atoms with van der Waals surface area (Å²) in [5.74, 6) is 0. The first-order chi connectivity index (χ1) is 5.75. The van der Waals surface area contributed by atoms with Crippen molar-refractivity contribution >= 4 is 45.2 Å². The van der Waals surface area contributed by atoms with Crippen molar-refractivity contribution in [3.05, 3.63) is 28.3 Å². The molecule has 2 nitrogen and oxygen atoms in total. The van der Waals surface area contributed by atoms with Crippen molar-refractivity contribution in [2.75, 3.05) is 5.33 Å². The van der Waals surface area contributed by atoms with Crippen molar-refractivity contribution in [3.8, 4) is 0 Å². The van der Waals surface area contributed by atoms with Crippen LogP contribution < -0.4 is 0 Å². The van der Waals surface area contributed by atoms with Gasteiger partial charge in [-0.15, -0.1) is 0 Å². The van der Waals surface area contributed by atoms with Gasteiger partial charge in [-0.3, -0.25) is 0 Å². The second-order valence-corrected chi connectivity index (χ2v) is 3.29. The van der Waals surface area contributed by atoms with Crippen molar-refractivity contribution < 1.29 is 0 Å². The van der Waals surface area contributed by atoms with E-state index in [1.54, 1.807) is 6.08 Å². The van der Waals surface area contributed by atoms with E-state index in [1.165, 1.54) is 6.33 Å². The third-order valence-corrected chi connectivity index (χ3v) is 2.14. The molecule has 1 aromatic heterocycles. The highest BCUT2D eigenvalue weighted by Gasteiger charge is 2.02. The molecule has 12 heavy (non-hydrogen) atoms. The maximum Gasteiger partial charge on any atom is 0.141 e. The summed E-state index contributed by atoms with van der Waals surface area (Å²) < 4.78 is 0. The molecule has 64 valence electrons. The van der Waals surface area contributed by atoms with Gasteiger partial charge >= 0.3 is 0 Å². The van der Waals surface area contributed by atoms with Crippen LogP contribution in [0.15, 0.2) is 12.4 Å². The molecule has 0 fully saturated rings. The Bertz CT molecular complexity index is 281. The van der Waals surface area contributed by atoms with Crippen LogP contribution in [0.25, 0.3) is 6.08 Å². The highest BCUT2D eigenvalue weighted by atomic mass is 79.9. The molecule has 0 bridgehead atoms. The number of rotatable bonds is 2. The Morgan fingerprint density at radius 2 is 1.92 bits per heavy atom. The molecule has 0 N–H and O–H groups in total. The van der Waals surface area contributed by atoms with Gasteiger partial charge in [-0.2, -0.15) is 0 Å². The fourth-order valence-electron chi connectivity index (χ4n) is 0.654. The maximum absolute atomic E-state index is 5.76. The number of hydrogen-bond acceptors (Lipinski definition) is 2. The predicted molar refractivity (Wildman–Crippen MR) is 54.9 cm³/mol. The Morgan fingerprint density at radius 3 is 2.42 bits per heavy atom. The fraction of sp³-hybridized carbons (Fsp3) is 0.143. The number of alkyl halides is 1. The fourth-order valence-corrected chi connectivity index (χ4v) is 1.28. The van der Waals surface area contributed by atoms with E-state index in [4.69, 9.17) is 23.2 Å². The van der Waals surface area contributed by atoms with Gasteiger partial charge in [-0.05, 0) is 0 Å². The molecule has 0 saturated heterocycles. The van der Waals surface area contributed by atoms with Crippen molar-refractivity contribution in [2.45, 2.75) is 0 Å². The molecule has 0 aliphatic heterocycles. The van der Waals surface area contributed by atoms with E-state index >= 15 is 0 Å². The largest absolute Gasteiger partial charge is 0.224 e. The number of hydrogen-bond donors (Lipinski definition) is 0. The standard InChI is InChI=1S/C7H5BrCl2N2/c8-3-1-2-5-6(9)11-4-12-7(5)10/h1-2,4H,3H2. The van der Waals surface area contributed by atoms with Gasteiger partial charge in [0, 0.05) is 10.9 Å². The quantitative estimate of drug-likeness (QED) is 0.608. The lowest BCUT2D eigenvalue weighted by Crippen LogP contribution is -1.86. The molecule has 5 heteroatoms. The molecule has 1 aromatic rings. The molecule has 0 radical (unpaired) electrons. The van der Waals surface area contributed by atoms with Crippen LogP contribution in [-0.4, -0.2) is 15.3 Å². The Morgan fingerprint density at radius 1 is 1.33 bits per heavy atom. The van der Waals surface area contributed by atoms with Gasteiger partial charge in [0.05, 0.1) is 0 Å². The SMILES string of the molecule is Clc1ncnc(Cl)c1C=CCBr. The normalized spacial score (nSPS) is 10.9. The van der Waals surface area contributed by atoms with E-state index in [-0.39, 0.29) is 0 Å². The number of nitrogens with zero attached hydrogens (tertiary/aromatic N) is 2. The van der Waals surface area contributed by atoms with Crippen molar-refractivity contribution in [3.63, 3.8) is 0 Å². The summed E-state index contributed by atoms with van der Waals surface area (Å²) in [6.07, 6.45) is 4.98. The van der Waals surface area contributed by atoms with Gasteiger partial charge in [0.2, 0.25) is 0 Å². The lowest BCUT2D eigenvalue weighted by atomic mass is 10.3. The molecule has 1 rings (SSSR count). The first-order valence-electron chi connectivity index (χ1n) is 3.14. The molecule has 0 aromatic carbocycles. The number of aromatic nitrogens is 2. The summed E-state index contributed by atoms with van der Waals surface area (Å²) >= 11 is 14.8. The van der Waals surface area contributed by atoms with Crippen LogP contribution >= 0.6 is 39.1 Å². The summed E-state index contributed by atoms with van der Waals surface area (Å²) in [4.78, 5) is 7.59. The van der Waals surface area contributed by atoms with Crippen LogP contribution in [0.4, 0.5) is 0 Å². The lowest BCUT2D eigenvalue weighted by Gasteiger charge is -1.97. The zero-order chi connectivity index (χ0) is 8.97. The molecule has 0 unspecified atom stereocenters. The Labute approximate surface area is 88.8 Å². The highest BCUT2D eigenvalue weighted by molar-refractivity contribution is 9.09. The minimum Gasteiger partial charge on any atom is -0.224 e. The van der Waals surface area contributed by atoms with E-state index in [9.17, 15) is 0 Å². The second kappa shape index (κ2) is 4.80. The smallest absolute Gasteiger partial charge is 0.141 e. The van der Waals surface area contributed by atoms with E-state index in [2.05, 4.69) is 25.9 Å². The van der Waals surface area contributed by atoms with Crippen LogP contribution in [0, 0.1) is 0 Å². The topological polar surface area (TPSA) is 25.8 Å². The summed E-state index contributed by atoms with van der Waals surface area (Å²) in [6, 6.07) is 0. The minimum absolute atomic E-state index is 0.368. The maximum atomic E-state index is 5.76. The number of allylic oxidation sites excluding steroid dienone is 1. The minimum atomic E-state index is 0.368. The first kappa shape index (κ1) is 9.96. The average molecular weight is 268 g/mol. The van der Waals surface area contributed by atoms with Crippen LogP contribution in [0.2, 0.25) is 10.3 Å². The van der Waals surface area contributed by atoms with Crippen molar-refractivity contribution in [2.24, 2.45) is 0 Å². The average Bonchev–Trinajstić information content (AvgIpc) is 2.04. The summed E-state index contributed by atoms with van der Waals surface area (Å²) in [7, 11) is 0. The predicted octanol–water partition coefficient (Wildman–Crippen LogP) is 3.19. The molecule has 0 saturated carbocycles. The number of halogens is 3. The van der Waals surface area contributed by atoms with Crippen LogP contribution in [0.1, 0.15) is 5.56 Å². The molecular formula is C7H5BrCl2N2. The second-order valence-electron chi connectivity index (χ2n) is 1.93. The van der Waals surface area contributed by atoms with Gasteiger partial charge < -0.3 is 0 Å². The Balaban J connectivity index is 3.04. The van der Waals surface area contributed by atoms with Crippen LogP contribution in [-0.2, 0) is 0 Å². The zero-order valence-corrected chi connectivity index (χ0v) is 9.07. The van der Waals surface area contributed by atoms with E-state index < -0.39 is 0 Å². The summed E-state index contributed by atoms with van der Waals surface area (Å²) in [5.41, 5.74) is 0.653. The first-order valence-corrected chi connectivity index (χ1v) is 5.02. The lowest BCUT2D eigenvalue weighted by molar-refractivity contribution is 1.16. The van der Waals surface area contributed by atoms with Crippen molar-refractivity contribution in [1.82, 2.24) is 9.97 Å². The molecular weight excluding hydrogens is 263 g/mol. The summed E-state index contributed by atoms with van der Waals surface area (Å²) in [6.45, 7) is 0. The highest BCUT2D eigenvalue weighted by Crippen LogP contribution is 2.20. The van der Waals surface area contributed by atoms with E-state index in [1.807, 2.05) is 6.08 Å². The van der Waals surface area contributed by atoms with Crippen molar-refractivity contribution in [1.29, 1.82) is 0 Å². The monoisotopic (exact) mass is 266 g/mol. The molecule has 0 amide bonds. The zero-order valence-electron chi connectivity index (χ0n) is 5.97. The molecule has 0 aliphatic rings. The van der Waals surface area contributed by atoms with Gasteiger partial charge in [-0.25, -0.2) is 9.97 Å². The third kappa shape index (κ3) is 2.44. The van der Waals surface area contributed by atoms with Gasteiger partial charge in [0.15, 0.2) is 0 Å². The molecule has 0 atom stereocenters. The van der Waals surface area contributed by atoms with Gasteiger partial charge in [0.25, 0.3) is 0 Å².